The molecule has 4 N–H and O–H groups in total. The summed E-state index contributed by atoms with van der Waals surface area (Å²) in [6.07, 6.45) is -0.980. The molecule has 0 aromatic heterocycles. The van der Waals surface area contributed by atoms with Crippen LogP contribution in [0, 0.1) is 0 Å². The minimum atomic E-state index is -4.14. The normalized spacial score (nSPS) is 11.3. The summed E-state index contributed by atoms with van der Waals surface area (Å²) in [7, 11) is -4.14. The second kappa shape index (κ2) is 5.87. The molecular weight excluding hydrogens is 213 g/mol. The van der Waals surface area contributed by atoms with Gasteiger partial charge in [0.15, 0.2) is 0 Å². The molecule has 0 saturated carbocycles. The molecule has 0 spiro atoms. The third kappa shape index (κ3) is 9.34. The number of nitrogens with one attached hydrogen (secondary N) is 1. The van der Waals surface area contributed by atoms with E-state index in [0.29, 0.717) is 0 Å². The van der Waals surface area contributed by atoms with Crippen molar-refractivity contribution in [3.05, 3.63) is 0 Å². The zero-order valence-electron chi connectivity index (χ0n) is 7.34. The second-order valence-corrected chi connectivity index (χ2v) is 4.33. The molecule has 0 aliphatic rings. The Morgan fingerprint density at radius 3 is 2.21 bits per heavy atom. The van der Waals surface area contributed by atoms with E-state index in [1.165, 1.54) is 0 Å². The summed E-state index contributed by atoms with van der Waals surface area (Å²) in [5.41, 5.74) is 0. The van der Waals surface area contributed by atoms with Gasteiger partial charge in [0.05, 0.1) is 19.3 Å². The first-order valence-corrected chi connectivity index (χ1v) is 5.60. The van der Waals surface area contributed by atoms with Crippen LogP contribution in [-0.2, 0) is 14.2 Å². The number of hydrogen-bond acceptors (Lipinski definition) is 4. The lowest BCUT2D eigenvalue weighted by Crippen LogP contribution is -2.24. The Morgan fingerprint density at radius 1 is 1.21 bits per heavy atom. The van der Waals surface area contributed by atoms with Crippen LogP contribution in [0.5, 0.6) is 0 Å². The van der Waals surface area contributed by atoms with Crippen molar-refractivity contribution in [1.82, 2.24) is 5.32 Å². The summed E-state index contributed by atoms with van der Waals surface area (Å²) in [6, 6.07) is 0. The highest BCUT2D eigenvalue weighted by Gasteiger charge is 2.12. The van der Waals surface area contributed by atoms with Crippen molar-refractivity contribution in [1.29, 1.82) is 0 Å². The quantitative estimate of drug-likeness (QED) is 0.416. The number of carbonyl (C=O) groups excluding carboxylic acids is 1. The van der Waals surface area contributed by atoms with Crippen molar-refractivity contribution in [2.75, 3.05) is 12.8 Å². The Morgan fingerprint density at radius 2 is 1.79 bits per heavy atom. The molecule has 14 heavy (non-hydrogen) atoms. The summed E-state index contributed by atoms with van der Waals surface area (Å²) in [5, 5.41) is 10.5. The molecule has 0 rings (SSSR count). The van der Waals surface area contributed by atoms with Gasteiger partial charge in [0.25, 0.3) is 0 Å². The van der Waals surface area contributed by atoms with Crippen LogP contribution in [0.2, 0.25) is 0 Å². The van der Waals surface area contributed by atoms with Crippen molar-refractivity contribution in [2.24, 2.45) is 0 Å². The van der Waals surface area contributed by atoms with Gasteiger partial charge in [-0.1, -0.05) is 0 Å². The first-order chi connectivity index (χ1) is 6.31. The Balaban J connectivity index is 3.55. The van der Waals surface area contributed by atoms with Gasteiger partial charge < -0.3 is 14.9 Å². The number of carbonyl (C=O) groups is 2. The SMILES string of the molecule is O=C(O)CCC(=O)CNCP(=O)(O)O. The van der Waals surface area contributed by atoms with Gasteiger partial charge in [0.2, 0.25) is 0 Å². The molecular formula is C6H12NO6P. The minimum absolute atomic E-state index is 0.135. The molecule has 0 bridgehead atoms. The number of rotatable bonds is 7. The predicted octanol–water partition coefficient (Wildman–Crippen LogP) is -0.855. The Hall–Kier alpha value is -0.750. The first-order valence-electron chi connectivity index (χ1n) is 3.80. The van der Waals surface area contributed by atoms with Crippen LogP contribution in [0.3, 0.4) is 0 Å². The molecule has 82 valence electrons. The Kier molecular flexibility index (Phi) is 5.56. The van der Waals surface area contributed by atoms with Crippen LogP contribution >= 0.6 is 7.60 Å². The fraction of sp³-hybridized carbons (Fsp3) is 0.667. The third-order valence-electron chi connectivity index (χ3n) is 1.26. The molecule has 8 heteroatoms. The maximum Gasteiger partial charge on any atom is 0.339 e. The van der Waals surface area contributed by atoms with Crippen molar-refractivity contribution >= 4 is 19.3 Å². The van der Waals surface area contributed by atoms with E-state index in [4.69, 9.17) is 14.9 Å². The van der Waals surface area contributed by atoms with E-state index in [9.17, 15) is 14.2 Å². The highest BCUT2D eigenvalue weighted by Crippen LogP contribution is 2.31. The number of carboxylic acids is 1. The second-order valence-electron chi connectivity index (χ2n) is 2.68. The fourth-order valence-corrected chi connectivity index (χ4v) is 1.08. The smallest absolute Gasteiger partial charge is 0.339 e. The van der Waals surface area contributed by atoms with Crippen LogP contribution in [0.1, 0.15) is 12.8 Å². The van der Waals surface area contributed by atoms with Crippen molar-refractivity contribution in [2.45, 2.75) is 12.8 Å². The maximum absolute atomic E-state index is 10.9. The van der Waals surface area contributed by atoms with Crippen LogP contribution in [0.25, 0.3) is 0 Å². The highest BCUT2D eigenvalue weighted by atomic mass is 31.2. The maximum atomic E-state index is 10.9. The minimum Gasteiger partial charge on any atom is -0.481 e. The summed E-state index contributed by atoms with van der Waals surface area (Å²) < 4.78 is 10.3. The Bertz CT molecular complexity index is 259. The summed E-state index contributed by atoms with van der Waals surface area (Å²) in [5.74, 6) is -1.46. The first kappa shape index (κ1) is 13.2. The summed E-state index contributed by atoms with van der Waals surface area (Å²) in [4.78, 5) is 37.7. The molecule has 7 nitrogen and oxygen atoms in total. The molecule has 0 aromatic rings. The lowest BCUT2D eigenvalue weighted by molar-refractivity contribution is -0.138. The number of carboxylic acid groups (broad SMARTS) is 1. The van der Waals surface area contributed by atoms with Gasteiger partial charge in [0, 0.05) is 6.42 Å². The molecule has 0 radical (unpaired) electrons. The molecule has 0 amide bonds. The molecule has 0 unspecified atom stereocenters. The number of hydrogen-bond donors (Lipinski definition) is 4. The summed E-state index contributed by atoms with van der Waals surface area (Å²) in [6.45, 7) is -0.224. The van der Waals surface area contributed by atoms with E-state index >= 15 is 0 Å². The van der Waals surface area contributed by atoms with E-state index in [1.54, 1.807) is 0 Å². The standard InChI is InChI=1S/C6H12NO6P/c8-5(1-2-6(9)10)3-7-4-14(11,12)13/h7H,1-4H2,(H,9,10)(H2,11,12,13). The van der Waals surface area contributed by atoms with Gasteiger partial charge in [-0.15, -0.1) is 0 Å². The molecule has 0 saturated heterocycles. The summed E-state index contributed by atoms with van der Waals surface area (Å²) >= 11 is 0. The van der Waals surface area contributed by atoms with E-state index in [1.807, 2.05) is 0 Å². The van der Waals surface area contributed by atoms with E-state index in [2.05, 4.69) is 5.32 Å². The van der Waals surface area contributed by atoms with Gasteiger partial charge in [-0.3, -0.25) is 19.5 Å². The van der Waals surface area contributed by atoms with Gasteiger partial charge >= 0.3 is 13.6 Å². The zero-order chi connectivity index (χ0) is 11.2. The average Bonchev–Trinajstić information content (AvgIpc) is 1.98. The van der Waals surface area contributed by atoms with Crippen LogP contribution < -0.4 is 5.32 Å². The molecule has 0 atom stereocenters. The van der Waals surface area contributed by atoms with Crippen LogP contribution in [0.15, 0.2) is 0 Å². The predicted molar refractivity (Wildman–Crippen MR) is 46.8 cm³/mol. The molecule has 0 heterocycles. The van der Waals surface area contributed by atoms with E-state index < -0.39 is 19.9 Å². The highest BCUT2D eigenvalue weighted by molar-refractivity contribution is 7.51. The lowest BCUT2D eigenvalue weighted by Gasteiger charge is -2.04. The van der Waals surface area contributed by atoms with Gasteiger partial charge in [-0.25, -0.2) is 0 Å². The number of aliphatic carboxylic acids is 1. The monoisotopic (exact) mass is 225 g/mol. The van der Waals surface area contributed by atoms with Crippen molar-refractivity contribution in [3.63, 3.8) is 0 Å². The van der Waals surface area contributed by atoms with Crippen molar-refractivity contribution in [3.8, 4) is 0 Å². The molecule has 0 aliphatic heterocycles. The lowest BCUT2D eigenvalue weighted by atomic mass is 10.2. The van der Waals surface area contributed by atoms with Gasteiger partial charge in [-0.2, -0.15) is 0 Å². The van der Waals surface area contributed by atoms with Crippen LogP contribution in [0.4, 0.5) is 0 Å². The van der Waals surface area contributed by atoms with Gasteiger partial charge in [0.1, 0.15) is 5.78 Å². The molecule has 0 fully saturated rings. The molecule has 0 aliphatic carbocycles. The molecule has 0 aromatic carbocycles. The largest absolute Gasteiger partial charge is 0.481 e. The number of ketones is 1. The van der Waals surface area contributed by atoms with Crippen molar-refractivity contribution < 1.29 is 29.0 Å². The fourth-order valence-electron chi connectivity index (χ4n) is 0.676. The Labute approximate surface area is 80.3 Å². The van der Waals surface area contributed by atoms with E-state index in [0.717, 1.165) is 0 Å². The third-order valence-corrected chi connectivity index (χ3v) is 1.89. The zero-order valence-corrected chi connectivity index (χ0v) is 8.24. The van der Waals surface area contributed by atoms with E-state index in [-0.39, 0.29) is 25.2 Å². The topological polar surface area (TPSA) is 124 Å². The average molecular weight is 225 g/mol. The number of Topliss-reactive ketones (excluding diaryl/α,β-unsaturated/α-hetero) is 1. The van der Waals surface area contributed by atoms with Crippen LogP contribution in [-0.4, -0.2) is 39.5 Å². The van der Waals surface area contributed by atoms with Gasteiger partial charge in [-0.05, 0) is 0 Å².